The van der Waals surface area contributed by atoms with Crippen LogP contribution in [-0.2, 0) is 22.7 Å². The molecule has 11 heteroatoms. The molecule has 4 aromatic rings. The first-order chi connectivity index (χ1) is 15.1. The summed E-state index contributed by atoms with van der Waals surface area (Å²) in [4.78, 5) is 27.9. The molecular formula is C20H19N7O4. The van der Waals surface area contributed by atoms with Gasteiger partial charge in [-0.3, -0.25) is 9.20 Å². The lowest BCUT2D eigenvalue weighted by Gasteiger charge is -2.07. The van der Waals surface area contributed by atoms with E-state index in [0.29, 0.717) is 28.8 Å². The molecule has 2 N–H and O–H groups in total. The Hall–Kier alpha value is -4.28. The van der Waals surface area contributed by atoms with Crippen LogP contribution in [0.2, 0.25) is 0 Å². The van der Waals surface area contributed by atoms with Crippen LogP contribution in [0.25, 0.3) is 17.1 Å². The fourth-order valence-corrected chi connectivity index (χ4v) is 2.77. The molecule has 158 valence electrons. The molecule has 3 heterocycles. The van der Waals surface area contributed by atoms with Gasteiger partial charge in [0.05, 0.1) is 6.54 Å². The minimum absolute atomic E-state index is 0.130. The lowest BCUT2D eigenvalue weighted by molar-refractivity contribution is -0.120. The van der Waals surface area contributed by atoms with Crippen molar-refractivity contribution >= 4 is 17.6 Å². The average Bonchev–Trinajstić information content (AvgIpc) is 3.41. The third-order valence-corrected chi connectivity index (χ3v) is 4.30. The Labute approximate surface area is 176 Å². The number of amides is 2. The van der Waals surface area contributed by atoms with Crippen molar-refractivity contribution in [2.75, 3.05) is 6.54 Å². The van der Waals surface area contributed by atoms with Crippen molar-refractivity contribution in [2.45, 2.75) is 20.1 Å². The van der Waals surface area contributed by atoms with Gasteiger partial charge in [-0.1, -0.05) is 35.5 Å². The van der Waals surface area contributed by atoms with Crippen molar-refractivity contribution in [3.8, 4) is 11.5 Å². The van der Waals surface area contributed by atoms with Crippen molar-refractivity contribution in [3.05, 3.63) is 65.9 Å². The van der Waals surface area contributed by atoms with Crippen LogP contribution in [-0.4, -0.2) is 43.3 Å². The number of hydrogen-bond donors (Lipinski definition) is 2. The van der Waals surface area contributed by atoms with Gasteiger partial charge in [0.15, 0.2) is 17.3 Å². The molecule has 0 saturated heterocycles. The first kappa shape index (κ1) is 20.0. The third-order valence-electron chi connectivity index (χ3n) is 4.30. The minimum atomic E-state index is -0.671. The molecule has 4 rings (SSSR count). The molecular weight excluding hydrogens is 402 g/mol. The highest BCUT2D eigenvalue weighted by molar-refractivity contribution is 5.82. The number of benzene rings is 1. The number of nitrogens with zero attached hydrogens (tertiary/aromatic N) is 5. The SMILES string of the molecule is Cc1noc(-c2ccn3c(CNC(=O)CNC(=O)OCc4ccccc4)nnc3c2)n1. The molecule has 0 fully saturated rings. The Balaban J connectivity index is 1.26. The predicted octanol–water partition coefficient (Wildman–Crippen LogP) is 1.63. The van der Waals surface area contributed by atoms with Crippen molar-refractivity contribution in [3.63, 3.8) is 0 Å². The van der Waals surface area contributed by atoms with Gasteiger partial charge in [-0.2, -0.15) is 4.98 Å². The van der Waals surface area contributed by atoms with Crippen LogP contribution in [0.15, 0.2) is 53.2 Å². The second-order valence-electron chi connectivity index (χ2n) is 6.60. The zero-order chi connectivity index (χ0) is 21.6. The van der Waals surface area contributed by atoms with Gasteiger partial charge in [-0.15, -0.1) is 10.2 Å². The lowest BCUT2D eigenvalue weighted by Crippen LogP contribution is -2.37. The van der Waals surface area contributed by atoms with Gasteiger partial charge in [0.1, 0.15) is 13.2 Å². The van der Waals surface area contributed by atoms with E-state index in [0.717, 1.165) is 5.56 Å². The second kappa shape index (κ2) is 9.03. The molecule has 0 atom stereocenters. The average molecular weight is 421 g/mol. The summed E-state index contributed by atoms with van der Waals surface area (Å²) in [5.41, 5.74) is 2.15. The lowest BCUT2D eigenvalue weighted by atomic mass is 10.2. The van der Waals surface area contributed by atoms with Gasteiger partial charge in [0.25, 0.3) is 5.89 Å². The highest BCUT2D eigenvalue weighted by Gasteiger charge is 2.12. The summed E-state index contributed by atoms with van der Waals surface area (Å²) in [6, 6.07) is 12.8. The van der Waals surface area contributed by atoms with Gasteiger partial charge in [-0.25, -0.2) is 4.79 Å². The topological polar surface area (TPSA) is 137 Å². The Kier molecular flexibility index (Phi) is 5.83. The molecule has 0 aliphatic heterocycles. The maximum atomic E-state index is 12.0. The molecule has 0 aliphatic carbocycles. The highest BCUT2D eigenvalue weighted by Crippen LogP contribution is 2.18. The monoisotopic (exact) mass is 421 g/mol. The Morgan fingerprint density at radius 2 is 1.97 bits per heavy atom. The normalized spacial score (nSPS) is 10.7. The Morgan fingerprint density at radius 1 is 1.13 bits per heavy atom. The summed E-state index contributed by atoms with van der Waals surface area (Å²) >= 11 is 0. The molecule has 31 heavy (non-hydrogen) atoms. The first-order valence-electron chi connectivity index (χ1n) is 9.44. The van der Waals surface area contributed by atoms with Crippen molar-refractivity contribution in [2.24, 2.45) is 0 Å². The number of nitrogens with one attached hydrogen (secondary N) is 2. The van der Waals surface area contributed by atoms with Crippen molar-refractivity contribution < 1.29 is 18.8 Å². The van der Waals surface area contributed by atoms with Gasteiger partial charge >= 0.3 is 6.09 Å². The van der Waals surface area contributed by atoms with E-state index in [1.807, 2.05) is 30.3 Å². The van der Waals surface area contributed by atoms with E-state index in [2.05, 4.69) is 31.0 Å². The maximum Gasteiger partial charge on any atom is 0.407 e. The van der Waals surface area contributed by atoms with Crippen LogP contribution in [0.1, 0.15) is 17.2 Å². The summed E-state index contributed by atoms with van der Waals surface area (Å²) in [6.45, 7) is 1.79. The number of carbonyl (C=O) groups excluding carboxylic acids is 2. The van der Waals surface area contributed by atoms with Crippen molar-refractivity contribution in [1.82, 2.24) is 35.4 Å². The fraction of sp³-hybridized carbons (Fsp3) is 0.200. The molecule has 2 amide bonds. The van der Waals surface area contributed by atoms with Crippen LogP contribution in [0, 0.1) is 6.92 Å². The molecule has 0 aliphatic rings. The molecule has 11 nitrogen and oxygen atoms in total. The summed E-state index contributed by atoms with van der Waals surface area (Å²) in [5.74, 6) is 1.08. The number of rotatable bonds is 7. The van der Waals surface area contributed by atoms with Crippen LogP contribution in [0.3, 0.4) is 0 Å². The fourth-order valence-electron chi connectivity index (χ4n) is 2.77. The van der Waals surface area contributed by atoms with E-state index in [-0.39, 0.29) is 25.6 Å². The number of fused-ring (bicyclic) bond motifs is 1. The largest absolute Gasteiger partial charge is 0.445 e. The van der Waals surface area contributed by atoms with Gasteiger partial charge < -0.3 is 19.9 Å². The molecule has 0 spiro atoms. The third kappa shape index (κ3) is 5.01. The van der Waals surface area contributed by atoms with E-state index in [9.17, 15) is 9.59 Å². The van der Waals surface area contributed by atoms with Crippen LogP contribution in [0.5, 0.6) is 0 Å². The van der Waals surface area contributed by atoms with Gasteiger partial charge in [0, 0.05) is 11.8 Å². The highest BCUT2D eigenvalue weighted by atomic mass is 16.5. The minimum Gasteiger partial charge on any atom is -0.445 e. The quantitative estimate of drug-likeness (QED) is 0.459. The zero-order valence-corrected chi connectivity index (χ0v) is 16.6. The number of aromatic nitrogens is 5. The molecule has 0 saturated carbocycles. The van der Waals surface area contributed by atoms with E-state index in [4.69, 9.17) is 9.26 Å². The number of ether oxygens (including phenoxy) is 1. The van der Waals surface area contributed by atoms with E-state index >= 15 is 0 Å². The van der Waals surface area contributed by atoms with Gasteiger partial charge in [-0.05, 0) is 24.6 Å². The summed E-state index contributed by atoms with van der Waals surface area (Å²) in [6.07, 6.45) is 1.08. The second-order valence-corrected chi connectivity index (χ2v) is 6.60. The maximum absolute atomic E-state index is 12.0. The Bertz CT molecular complexity index is 1200. The molecule has 0 bridgehead atoms. The standard InChI is InChI=1S/C20H19N7O4/c1-13-23-19(31-26-13)15-7-8-27-16(9-15)24-25-17(27)10-21-18(28)11-22-20(29)30-12-14-5-3-2-4-6-14/h2-9H,10-12H2,1H3,(H,21,28)(H,22,29). The summed E-state index contributed by atoms with van der Waals surface area (Å²) < 4.78 is 11.9. The number of hydrogen-bond acceptors (Lipinski definition) is 8. The molecule has 0 unspecified atom stereocenters. The molecule has 0 radical (unpaired) electrons. The van der Waals surface area contributed by atoms with E-state index in [1.54, 1.807) is 29.7 Å². The Morgan fingerprint density at radius 3 is 2.74 bits per heavy atom. The van der Waals surface area contributed by atoms with Crippen molar-refractivity contribution in [1.29, 1.82) is 0 Å². The molecule has 3 aromatic heterocycles. The molecule has 1 aromatic carbocycles. The van der Waals surface area contributed by atoms with Crippen LogP contribution >= 0.6 is 0 Å². The van der Waals surface area contributed by atoms with Crippen LogP contribution < -0.4 is 10.6 Å². The smallest absolute Gasteiger partial charge is 0.407 e. The zero-order valence-electron chi connectivity index (χ0n) is 16.6. The number of alkyl carbamates (subject to hydrolysis) is 1. The van der Waals surface area contributed by atoms with E-state index in [1.165, 1.54) is 0 Å². The number of pyridine rings is 1. The number of aryl methyl sites for hydroxylation is 1. The summed E-state index contributed by atoms with van der Waals surface area (Å²) in [7, 11) is 0. The van der Waals surface area contributed by atoms with Gasteiger partial charge in [0.2, 0.25) is 5.91 Å². The number of carbonyl (C=O) groups is 2. The first-order valence-corrected chi connectivity index (χ1v) is 9.44. The summed E-state index contributed by atoms with van der Waals surface area (Å²) in [5, 5.41) is 17.0. The van der Waals surface area contributed by atoms with E-state index < -0.39 is 6.09 Å². The van der Waals surface area contributed by atoms with Crippen LogP contribution in [0.4, 0.5) is 4.79 Å². The predicted molar refractivity (Wildman–Crippen MR) is 107 cm³/mol.